The predicted molar refractivity (Wildman–Crippen MR) is 64.6 cm³/mol. The van der Waals surface area contributed by atoms with Crippen LogP contribution in [0.15, 0.2) is 18.2 Å². The molecule has 0 aliphatic carbocycles. The van der Waals surface area contributed by atoms with Crippen molar-refractivity contribution in [2.75, 3.05) is 0 Å². The largest absolute Gasteiger partial charge is 0.391 e. The second-order valence-electron chi connectivity index (χ2n) is 4.48. The third kappa shape index (κ3) is 3.41. The maximum Gasteiger partial charge on any atom is 0.254 e. The molecule has 3 nitrogen and oxygen atoms in total. The van der Waals surface area contributed by atoms with Crippen LogP contribution in [-0.2, 0) is 0 Å². The van der Waals surface area contributed by atoms with Crippen LogP contribution in [0.3, 0.4) is 0 Å². The molecule has 1 aromatic carbocycles. The molecule has 0 saturated heterocycles. The summed E-state index contributed by atoms with van der Waals surface area (Å²) in [6.07, 6.45) is -0.748. The van der Waals surface area contributed by atoms with Crippen LogP contribution in [0.2, 0.25) is 5.02 Å². The third-order valence-electron chi connectivity index (χ3n) is 2.66. The number of rotatable bonds is 3. The van der Waals surface area contributed by atoms with Gasteiger partial charge in [-0.05, 0) is 39.0 Å². The summed E-state index contributed by atoms with van der Waals surface area (Å²) in [5.41, 5.74) is -0.925. The van der Waals surface area contributed by atoms with Gasteiger partial charge in [-0.25, -0.2) is 4.39 Å². The number of amides is 1. The highest BCUT2D eigenvalue weighted by Crippen LogP contribution is 2.16. The number of carbonyl (C=O) groups is 1. The number of hydrogen-bond donors (Lipinski definition) is 2. The number of aliphatic hydroxyl groups is 1. The number of hydrogen-bond acceptors (Lipinski definition) is 2. The van der Waals surface area contributed by atoms with Gasteiger partial charge in [0.2, 0.25) is 0 Å². The Kier molecular flexibility index (Phi) is 4.11. The molecular formula is C12H15ClFNO2. The quantitative estimate of drug-likeness (QED) is 0.876. The van der Waals surface area contributed by atoms with E-state index in [0.29, 0.717) is 0 Å². The van der Waals surface area contributed by atoms with E-state index in [1.165, 1.54) is 12.1 Å². The molecule has 1 aromatic rings. The van der Waals surface area contributed by atoms with Gasteiger partial charge in [-0.15, -0.1) is 0 Å². The molecule has 5 heteroatoms. The summed E-state index contributed by atoms with van der Waals surface area (Å²) in [6.45, 7) is 4.87. The lowest BCUT2D eigenvalue weighted by molar-refractivity contribution is 0.0706. The van der Waals surface area contributed by atoms with Crippen molar-refractivity contribution in [2.45, 2.75) is 32.4 Å². The highest BCUT2D eigenvalue weighted by atomic mass is 35.5. The lowest BCUT2D eigenvalue weighted by atomic mass is 9.98. The smallest absolute Gasteiger partial charge is 0.254 e. The van der Waals surface area contributed by atoms with E-state index < -0.39 is 23.4 Å². The number of benzene rings is 1. The van der Waals surface area contributed by atoms with Gasteiger partial charge in [0.25, 0.3) is 5.91 Å². The first-order chi connectivity index (χ1) is 7.74. The molecule has 0 radical (unpaired) electrons. The fourth-order valence-corrected chi connectivity index (χ4v) is 1.30. The molecule has 2 N–H and O–H groups in total. The summed E-state index contributed by atoms with van der Waals surface area (Å²) >= 11 is 5.59. The molecule has 0 aliphatic heterocycles. The zero-order chi connectivity index (χ0) is 13.2. The number of nitrogens with one attached hydrogen (secondary N) is 1. The highest BCUT2D eigenvalue weighted by molar-refractivity contribution is 6.30. The Hall–Kier alpha value is -1.13. The molecule has 0 fully saturated rings. The summed E-state index contributed by atoms with van der Waals surface area (Å²) in [7, 11) is 0. The van der Waals surface area contributed by atoms with E-state index in [-0.39, 0.29) is 10.6 Å². The third-order valence-corrected chi connectivity index (χ3v) is 2.89. The minimum absolute atomic E-state index is 0.0943. The summed E-state index contributed by atoms with van der Waals surface area (Å²) in [6, 6.07) is 3.83. The molecule has 0 aliphatic rings. The Bertz CT molecular complexity index is 433. The summed E-state index contributed by atoms with van der Waals surface area (Å²) in [5, 5.41) is 12.3. The van der Waals surface area contributed by atoms with Crippen LogP contribution in [-0.4, -0.2) is 22.7 Å². The Morgan fingerprint density at radius 2 is 2.12 bits per heavy atom. The molecule has 0 heterocycles. The van der Waals surface area contributed by atoms with Crippen LogP contribution in [0, 0.1) is 5.82 Å². The Balaban J connectivity index is 2.91. The van der Waals surface area contributed by atoms with Crippen molar-refractivity contribution in [3.63, 3.8) is 0 Å². The van der Waals surface area contributed by atoms with Gasteiger partial charge in [0, 0.05) is 5.02 Å². The number of carbonyl (C=O) groups excluding carboxylic acids is 1. The van der Waals surface area contributed by atoms with E-state index in [2.05, 4.69) is 5.32 Å². The monoisotopic (exact) mass is 259 g/mol. The Morgan fingerprint density at radius 3 is 2.59 bits per heavy atom. The van der Waals surface area contributed by atoms with Crippen molar-refractivity contribution in [1.82, 2.24) is 5.32 Å². The van der Waals surface area contributed by atoms with E-state index in [0.717, 1.165) is 6.07 Å². The molecule has 0 spiro atoms. The summed E-state index contributed by atoms with van der Waals surface area (Å²) < 4.78 is 13.5. The standard InChI is InChI=1S/C12H15ClFNO2/c1-7(16)12(2,3)15-11(17)9-5-4-8(13)6-10(9)14/h4-7,16H,1-3H3,(H,15,17). The lowest BCUT2D eigenvalue weighted by Gasteiger charge is -2.29. The average molecular weight is 260 g/mol. The zero-order valence-corrected chi connectivity index (χ0v) is 10.7. The van der Waals surface area contributed by atoms with Gasteiger partial charge < -0.3 is 10.4 Å². The van der Waals surface area contributed by atoms with Crippen LogP contribution in [0.4, 0.5) is 4.39 Å². The van der Waals surface area contributed by atoms with Gasteiger partial charge in [-0.3, -0.25) is 4.79 Å². The van der Waals surface area contributed by atoms with Gasteiger partial charge in [0.15, 0.2) is 0 Å². The molecule has 0 saturated carbocycles. The molecule has 1 rings (SSSR count). The van der Waals surface area contributed by atoms with E-state index in [1.54, 1.807) is 20.8 Å². The molecule has 1 unspecified atom stereocenters. The minimum Gasteiger partial charge on any atom is -0.391 e. The van der Waals surface area contributed by atoms with Crippen molar-refractivity contribution < 1.29 is 14.3 Å². The van der Waals surface area contributed by atoms with Crippen molar-refractivity contribution in [2.24, 2.45) is 0 Å². The van der Waals surface area contributed by atoms with E-state index >= 15 is 0 Å². The van der Waals surface area contributed by atoms with Crippen molar-refractivity contribution >= 4 is 17.5 Å². The summed E-state index contributed by atoms with van der Waals surface area (Å²) in [4.78, 5) is 11.8. The first kappa shape index (κ1) is 13.9. The van der Waals surface area contributed by atoms with E-state index in [4.69, 9.17) is 11.6 Å². The summed E-state index contributed by atoms with van der Waals surface area (Å²) in [5.74, 6) is -1.26. The van der Waals surface area contributed by atoms with Gasteiger partial charge in [0.1, 0.15) is 5.82 Å². The molecule has 0 aromatic heterocycles. The second kappa shape index (κ2) is 5.02. The average Bonchev–Trinajstić information content (AvgIpc) is 2.15. The van der Waals surface area contributed by atoms with Crippen molar-refractivity contribution in [1.29, 1.82) is 0 Å². The zero-order valence-electron chi connectivity index (χ0n) is 9.92. The van der Waals surface area contributed by atoms with Crippen molar-refractivity contribution in [3.05, 3.63) is 34.6 Å². The molecular weight excluding hydrogens is 245 g/mol. The fourth-order valence-electron chi connectivity index (χ4n) is 1.14. The minimum atomic E-state index is -0.830. The molecule has 1 amide bonds. The van der Waals surface area contributed by atoms with Crippen molar-refractivity contribution in [3.8, 4) is 0 Å². The maximum absolute atomic E-state index is 13.5. The van der Waals surface area contributed by atoms with Crippen LogP contribution < -0.4 is 5.32 Å². The van der Waals surface area contributed by atoms with Gasteiger partial charge in [-0.2, -0.15) is 0 Å². The van der Waals surface area contributed by atoms with Gasteiger partial charge in [0.05, 0.1) is 17.2 Å². The first-order valence-corrected chi connectivity index (χ1v) is 5.57. The number of aliphatic hydroxyl groups excluding tert-OH is 1. The fraction of sp³-hybridized carbons (Fsp3) is 0.417. The highest BCUT2D eigenvalue weighted by Gasteiger charge is 2.27. The van der Waals surface area contributed by atoms with Crippen LogP contribution >= 0.6 is 11.6 Å². The lowest BCUT2D eigenvalue weighted by Crippen LogP contribution is -2.51. The number of halogens is 2. The second-order valence-corrected chi connectivity index (χ2v) is 4.91. The molecule has 0 bridgehead atoms. The molecule has 1 atom stereocenters. The Labute approximate surface area is 105 Å². The Morgan fingerprint density at radius 1 is 1.53 bits per heavy atom. The van der Waals surface area contributed by atoms with Crippen LogP contribution in [0.1, 0.15) is 31.1 Å². The molecule has 94 valence electrons. The molecule has 17 heavy (non-hydrogen) atoms. The van der Waals surface area contributed by atoms with E-state index in [9.17, 15) is 14.3 Å². The van der Waals surface area contributed by atoms with Gasteiger partial charge >= 0.3 is 0 Å². The normalized spacial score (nSPS) is 13.3. The topological polar surface area (TPSA) is 49.3 Å². The van der Waals surface area contributed by atoms with Crippen LogP contribution in [0.5, 0.6) is 0 Å². The van der Waals surface area contributed by atoms with Crippen LogP contribution in [0.25, 0.3) is 0 Å². The maximum atomic E-state index is 13.5. The van der Waals surface area contributed by atoms with E-state index in [1.807, 2.05) is 0 Å². The predicted octanol–water partition coefficient (Wildman–Crippen LogP) is 2.37. The van der Waals surface area contributed by atoms with Gasteiger partial charge in [-0.1, -0.05) is 11.6 Å². The SMILES string of the molecule is CC(O)C(C)(C)NC(=O)c1ccc(Cl)cc1F. The first-order valence-electron chi connectivity index (χ1n) is 5.19.